The van der Waals surface area contributed by atoms with Gasteiger partial charge in [0.25, 0.3) is 5.91 Å². The first-order valence-electron chi connectivity index (χ1n) is 11.0. The lowest BCUT2D eigenvalue weighted by Gasteiger charge is -2.34. The number of nitrogens with zero attached hydrogens (tertiary/aromatic N) is 4. The van der Waals surface area contributed by atoms with Gasteiger partial charge in [0.2, 0.25) is 5.91 Å². The highest BCUT2D eigenvalue weighted by Gasteiger charge is 2.31. The average Bonchev–Trinajstić information content (AvgIpc) is 3.26. The molecule has 1 aromatic carbocycles. The van der Waals surface area contributed by atoms with Gasteiger partial charge in [-0.2, -0.15) is 5.26 Å². The van der Waals surface area contributed by atoms with E-state index in [0.717, 1.165) is 56.9 Å². The number of piperidine rings is 1. The van der Waals surface area contributed by atoms with Gasteiger partial charge in [-0.25, -0.2) is 0 Å². The van der Waals surface area contributed by atoms with Crippen LogP contribution in [0.25, 0.3) is 0 Å². The van der Waals surface area contributed by atoms with E-state index >= 15 is 0 Å². The van der Waals surface area contributed by atoms with Gasteiger partial charge in [0.15, 0.2) is 0 Å². The van der Waals surface area contributed by atoms with Crippen LogP contribution < -0.4 is 0 Å². The van der Waals surface area contributed by atoms with Crippen molar-refractivity contribution in [2.24, 2.45) is 5.92 Å². The first-order valence-corrected chi connectivity index (χ1v) is 11.8. The number of likely N-dealkylation sites (tertiary alicyclic amines) is 1. The van der Waals surface area contributed by atoms with Crippen molar-refractivity contribution >= 4 is 23.2 Å². The van der Waals surface area contributed by atoms with Gasteiger partial charge in [-0.05, 0) is 48.4 Å². The molecule has 2 saturated heterocycles. The molecule has 0 saturated carbocycles. The van der Waals surface area contributed by atoms with E-state index in [4.69, 9.17) is 5.26 Å². The van der Waals surface area contributed by atoms with Crippen LogP contribution in [-0.2, 0) is 11.3 Å². The van der Waals surface area contributed by atoms with Gasteiger partial charge in [0.05, 0.1) is 16.5 Å². The molecule has 0 atom stereocenters. The second kappa shape index (κ2) is 10.1. The van der Waals surface area contributed by atoms with Crippen molar-refractivity contribution < 1.29 is 9.59 Å². The summed E-state index contributed by atoms with van der Waals surface area (Å²) in [6.07, 6.45) is 2.47. The van der Waals surface area contributed by atoms with Gasteiger partial charge in [-0.15, -0.1) is 11.3 Å². The molecule has 1 aromatic heterocycles. The van der Waals surface area contributed by atoms with Gasteiger partial charge in [-0.3, -0.25) is 14.5 Å². The zero-order valence-electron chi connectivity index (χ0n) is 17.7. The van der Waals surface area contributed by atoms with Crippen LogP contribution in [0.4, 0.5) is 0 Å². The maximum atomic E-state index is 13.1. The number of benzene rings is 1. The van der Waals surface area contributed by atoms with Crippen LogP contribution in [0.2, 0.25) is 0 Å². The average molecular weight is 437 g/mol. The van der Waals surface area contributed by atoms with Crippen molar-refractivity contribution in [1.29, 1.82) is 5.26 Å². The van der Waals surface area contributed by atoms with Crippen LogP contribution in [0.5, 0.6) is 0 Å². The Bertz CT molecular complexity index is 927. The Labute approximate surface area is 187 Å². The number of nitriles is 1. The molecule has 2 fully saturated rings. The van der Waals surface area contributed by atoms with Crippen molar-refractivity contribution in [2.75, 3.05) is 39.3 Å². The van der Waals surface area contributed by atoms with Crippen LogP contribution >= 0.6 is 11.3 Å². The fourth-order valence-corrected chi connectivity index (χ4v) is 5.13. The minimum absolute atomic E-state index is 0.0254. The molecule has 2 aromatic rings. The van der Waals surface area contributed by atoms with Crippen LogP contribution in [0.3, 0.4) is 0 Å². The Kier molecular flexibility index (Phi) is 7.00. The summed E-state index contributed by atoms with van der Waals surface area (Å²) in [5, 5.41) is 10.9. The fraction of sp³-hybridized carbons (Fsp3) is 0.458. The molecule has 2 aliphatic heterocycles. The molecule has 0 spiro atoms. The molecule has 31 heavy (non-hydrogen) atoms. The molecule has 4 rings (SSSR count). The van der Waals surface area contributed by atoms with E-state index in [1.54, 1.807) is 0 Å². The molecule has 0 aliphatic carbocycles. The number of rotatable bonds is 4. The van der Waals surface area contributed by atoms with Crippen LogP contribution in [-0.4, -0.2) is 65.8 Å². The molecular formula is C24H28N4O2S. The first kappa shape index (κ1) is 21.5. The first-order chi connectivity index (χ1) is 15.1. The lowest BCUT2D eigenvalue weighted by Crippen LogP contribution is -2.45. The maximum absolute atomic E-state index is 13.1. The van der Waals surface area contributed by atoms with Gasteiger partial charge >= 0.3 is 0 Å². The molecule has 162 valence electrons. The summed E-state index contributed by atoms with van der Waals surface area (Å²) in [5.74, 6) is 0.370. The SMILES string of the molecule is N#Cc1ccc(CN2CCCN(C(=O)C3CCN(C(=O)c4cccs4)CC3)CC2)cc1. The zero-order chi connectivity index (χ0) is 21.6. The smallest absolute Gasteiger partial charge is 0.263 e. The lowest BCUT2D eigenvalue weighted by molar-refractivity contribution is -0.136. The zero-order valence-corrected chi connectivity index (χ0v) is 18.5. The molecule has 0 bridgehead atoms. The predicted octanol–water partition coefficient (Wildman–Crippen LogP) is 3.21. The highest BCUT2D eigenvalue weighted by Crippen LogP contribution is 2.23. The number of amides is 2. The summed E-state index contributed by atoms with van der Waals surface area (Å²) in [6.45, 7) is 5.55. The summed E-state index contributed by atoms with van der Waals surface area (Å²) in [6, 6.07) is 13.7. The quantitative estimate of drug-likeness (QED) is 0.738. The second-order valence-electron chi connectivity index (χ2n) is 8.31. The molecule has 0 unspecified atom stereocenters. The number of carbonyl (C=O) groups is 2. The van der Waals surface area contributed by atoms with Crippen molar-refractivity contribution in [2.45, 2.75) is 25.8 Å². The van der Waals surface area contributed by atoms with E-state index in [1.165, 1.54) is 16.9 Å². The summed E-state index contributed by atoms with van der Waals surface area (Å²) in [7, 11) is 0. The van der Waals surface area contributed by atoms with Crippen molar-refractivity contribution in [3.05, 3.63) is 57.8 Å². The third-order valence-corrected chi connectivity index (χ3v) is 7.11. The molecule has 2 aliphatic rings. The molecular weight excluding hydrogens is 408 g/mol. The molecule has 0 radical (unpaired) electrons. The van der Waals surface area contributed by atoms with Gasteiger partial charge in [-0.1, -0.05) is 18.2 Å². The van der Waals surface area contributed by atoms with E-state index in [1.807, 2.05) is 51.6 Å². The largest absolute Gasteiger partial charge is 0.341 e. The molecule has 0 N–H and O–H groups in total. The summed E-state index contributed by atoms with van der Waals surface area (Å²) in [4.78, 5) is 32.7. The van der Waals surface area contributed by atoms with E-state index < -0.39 is 0 Å². The summed E-state index contributed by atoms with van der Waals surface area (Å²) in [5.41, 5.74) is 1.88. The van der Waals surface area contributed by atoms with Crippen molar-refractivity contribution in [3.8, 4) is 6.07 Å². The Morgan fingerprint density at radius 3 is 2.42 bits per heavy atom. The Morgan fingerprint density at radius 1 is 0.968 bits per heavy atom. The third kappa shape index (κ3) is 5.33. The highest BCUT2D eigenvalue weighted by atomic mass is 32.1. The molecule has 6 nitrogen and oxygen atoms in total. The van der Waals surface area contributed by atoms with Crippen molar-refractivity contribution in [1.82, 2.24) is 14.7 Å². The minimum Gasteiger partial charge on any atom is -0.341 e. The normalized spacial score (nSPS) is 18.4. The molecule has 7 heteroatoms. The number of carbonyl (C=O) groups excluding carboxylic acids is 2. The second-order valence-corrected chi connectivity index (χ2v) is 9.26. The minimum atomic E-state index is 0.0254. The monoisotopic (exact) mass is 436 g/mol. The standard InChI is InChI=1S/C24H28N4O2S/c25-17-19-4-6-20(7-5-19)18-26-10-2-11-27(15-14-26)23(29)21-8-12-28(13-9-21)24(30)22-3-1-16-31-22/h1,3-7,16,21H,2,8-15,18H2. The van der Waals surface area contributed by atoms with E-state index in [0.29, 0.717) is 18.7 Å². The van der Waals surface area contributed by atoms with Crippen LogP contribution in [0.15, 0.2) is 41.8 Å². The van der Waals surface area contributed by atoms with Crippen molar-refractivity contribution in [3.63, 3.8) is 0 Å². The van der Waals surface area contributed by atoms with Gasteiger partial charge in [0, 0.05) is 51.7 Å². The molecule has 2 amide bonds. The summed E-state index contributed by atoms with van der Waals surface area (Å²) < 4.78 is 0. The van der Waals surface area contributed by atoms with Gasteiger partial charge in [0.1, 0.15) is 0 Å². The molecule has 3 heterocycles. The number of thiophene rings is 1. The lowest BCUT2D eigenvalue weighted by atomic mass is 9.95. The highest BCUT2D eigenvalue weighted by molar-refractivity contribution is 7.12. The van der Waals surface area contributed by atoms with E-state index in [-0.39, 0.29) is 17.7 Å². The Balaban J connectivity index is 1.26. The van der Waals surface area contributed by atoms with Crippen LogP contribution in [0.1, 0.15) is 40.1 Å². The fourth-order valence-electron chi connectivity index (χ4n) is 4.44. The van der Waals surface area contributed by atoms with E-state index in [9.17, 15) is 9.59 Å². The predicted molar refractivity (Wildman–Crippen MR) is 121 cm³/mol. The number of hydrogen-bond donors (Lipinski definition) is 0. The Morgan fingerprint density at radius 2 is 1.74 bits per heavy atom. The number of hydrogen-bond acceptors (Lipinski definition) is 5. The summed E-state index contributed by atoms with van der Waals surface area (Å²) >= 11 is 1.47. The maximum Gasteiger partial charge on any atom is 0.263 e. The van der Waals surface area contributed by atoms with E-state index in [2.05, 4.69) is 11.0 Å². The topological polar surface area (TPSA) is 67.7 Å². The van der Waals surface area contributed by atoms with Crippen LogP contribution in [0, 0.1) is 17.2 Å². The van der Waals surface area contributed by atoms with Gasteiger partial charge < -0.3 is 9.80 Å². The Hall–Kier alpha value is -2.69. The third-order valence-electron chi connectivity index (χ3n) is 6.25.